The van der Waals surface area contributed by atoms with Gasteiger partial charge in [-0.1, -0.05) is 0 Å². The summed E-state index contributed by atoms with van der Waals surface area (Å²) in [5.41, 5.74) is 0. The fourth-order valence-electron chi connectivity index (χ4n) is 0.651. The van der Waals surface area contributed by atoms with Crippen LogP contribution in [0.1, 0.15) is 0 Å². The molecule has 7 nitrogen and oxygen atoms in total. The van der Waals surface area contributed by atoms with Gasteiger partial charge in [0.2, 0.25) is 18.8 Å². The van der Waals surface area contributed by atoms with Gasteiger partial charge in [0, 0.05) is 0 Å². The molecule has 0 saturated carbocycles. The van der Waals surface area contributed by atoms with E-state index in [1.165, 1.54) is 0 Å². The van der Waals surface area contributed by atoms with Gasteiger partial charge in [-0.15, -0.1) is 0 Å². The molecular weight excluding hydrogens is 220 g/mol. The van der Waals surface area contributed by atoms with Crippen molar-refractivity contribution in [3.63, 3.8) is 0 Å². The monoisotopic (exact) mass is 230 g/mol. The number of aliphatic carboxylic acids is 1. The smallest absolute Gasteiger partial charge is 0.392 e. The lowest BCUT2D eigenvalue weighted by molar-refractivity contribution is -0.485. The van der Waals surface area contributed by atoms with Crippen molar-refractivity contribution in [1.29, 1.82) is 0 Å². The van der Waals surface area contributed by atoms with E-state index >= 15 is 0 Å². The first-order valence-corrected chi connectivity index (χ1v) is 6.29. The van der Waals surface area contributed by atoms with Crippen molar-refractivity contribution in [2.45, 2.75) is 0 Å². The highest BCUT2D eigenvalue weighted by molar-refractivity contribution is 7.38. The first-order chi connectivity index (χ1) is 5.91. The van der Waals surface area contributed by atoms with Gasteiger partial charge >= 0.3 is 5.97 Å². The Hall–Kier alpha value is -0.480. The number of carboxylic acid groups (broad SMARTS) is 1. The molecule has 0 aromatic rings. The predicted molar refractivity (Wildman–Crippen MR) is 46.1 cm³/mol. The number of carboxylic acids is 1. The highest BCUT2D eigenvalue weighted by Gasteiger charge is 2.12. The quantitative estimate of drug-likeness (QED) is 0.317. The summed E-state index contributed by atoms with van der Waals surface area (Å²) in [4.78, 5) is 27.1. The Kier molecular flexibility index (Phi) is 5.82. The van der Waals surface area contributed by atoms with Crippen molar-refractivity contribution < 1.29 is 33.4 Å². The number of nitrogens with zero attached hydrogens (tertiary/aromatic N) is 1. The van der Waals surface area contributed by atoms with Crippen LogP contribution in [0.15, 0.2) is 0 Å². The molecule has 76 valence electrons. The van der Waals surface area contributed by atoms with Crippen LogP contribution in [0.3, 0.4) is 0 Å². The van der Waals surface area contributed by atoms with E-state index in [4.69, 9.17) is 14.9 Å². The van der Waals surface area contributed by atoms with Crippen LogP contribution < -0.4 is 0 Å². The van der Waals surface area contributed by atoms with Gasteiger partial charge < -0.3 is 14.9 Å². The molecule has 0 bridgehead atoms. The molecule has 0 spiro atoms. The molecule has 2 unspecified atom stereocenters. The molecular formula is C4H10NO6P2+. The van der Waals surface area contributed by atoms with Gasteiger partial charge in [0.1, 0.15) is 0 Å². The van der Waals surface area contributed by atoms with Gasteiger partial charge in [-0.05, 0) is 0 Å². The van der Waals surface area contributed by atoms with Crippen molar-refractivity contribution in [2.24, 2.45) is 0 Å². The van der Waals surface area contributed by atoms with E-state index in [0.29, 0.717) is 6.21 Å². The predicted octanol–water partition coefficient (Wildman–Crippen LogP) is -0.997. The third kappa shape index (κ3) is 7.87. The Morgan fingerprint density at radius 2 is 1.62 bits per heavy atom. The van der Waals surface area contributed by atoms with Crippen LogP contribution in [0.2, 0.25) is 0 Å². The maximum atomic E-state index is 10.3. The third-order valence-electron chi connectivity index (χ3n) is 0.970. The van der Waals surface area contributed by atoms with Crippen LogP contribution >= 0.6 is 16.1 Å². The van der Waals surface area contributed by atoms with Crippen molar-refractivity contribution in [1.82, 2.24) is 0 Å². The minimum atomic E-state index is -2.88. The second-order valence-corrected chi connectivity index (χ2v) is 4.37. The Morgan fingerprint density at radius 3 is 1.85 bits per heavy atom. The van der Waals surface area contributed by atoms with Crippen molar-refractivity contribution >= 4 is 28.2 Å². The zero-order chi connectivity index (χ0) is 10.4. The summed E-state index contributed by atoms with van der Waals surface area (Å²) in [6, 6.07) is 0. The minimum Gasteiger partial charge on any atom is -0.474 e. The average molecular weight is 230 g/mol. The van der Waals surface area contributed by atoms with Crippen LogP contribution in [0, 0.1) is 0 Å². The first-order valence-electron chi connectivity index (χ1n) is 3.17. The normalized spacial score (nSPS) is 14.6. The molecule has 9 heteroatoms. The van der Waals surface area contributed by atoms with Gasteiger partial charge in [-0.3, -0.25) is 9.13 Å². The molecule has 2 atom stereocenters. The maximum absolute atomic E-state index is 10.3. The van der Waals surface area contributed by atoms with E-state index in [1.807, 2.05) is 0 Å². The second-order valence-electron chi connectivity index (χ2n) is 2.16. The first kappa shape index (κ1) is 12.5. The molecule has 0 saturated heterocycles. The zero-order valence-electron chi connectivity index (χ0n) is 6.51. The molecule has 0 aliphatic rings. The standard InChI is InChI=1S/C4H9NO6P2/c6-4(7)1-5(2-12(8)9)3-13(10)11/h1,12-13H,2-3H2,(H2-,6,7,8,9,10,11)/p+1. The molecule has 0 aliphatic heterocycles. The van der Waals surface area contributed by atoms with Crippen LogP contribution in [-0.2, 0) is 13.9 Å². The van der Waals surface area contributed by atoms with Gasteiger partial charge in [0.05, 0.1) is 0 Å². The molecule has 0 aliphatic carbocycles. The Balaban J connectivity index is 4.45. The average Bonchev–Trinajstić information content (AvgIpc) is 1.80. The summed E-state index contributed by atoms with van der Waals surface area (Å²) in [5.74, 6) is -1.33. The minimum absolute atomic E-state index is 0.423. The Morgan fingerprint density at radius 1 is 1.23 bits per heavy atom. The SMILES string of the molecule is O=C(O)C=[N+](C[PH](=O)O)C[PH](=O)O. The lowest BCUT2D eigenvalue weighted by Crippen LogP contribution is -2.16. The van der Waals surface area contributed by atoms with Crippen LogP contribution in [-0.4, -0.2) is 44.2 Å². The Bertz CT molecular complexity index is 256. The fraction of sp³-hybridized carbons (Fsp3) is 0.500. The van der Waals surface area contributed by atoms with Gasteiger partial charge in [-0.2, -0.15) is 0 Å². The highest BCUT2D eigenvalue weighted by atomic mass is 31.1. The van der Waals surface area contributed by atoms with E-state index in [0.717, 1.165) is 4.58 Å². The Labute approximate surface area is 75.1 Å². The van der Waals surface area contributed by atoms with Gasteiger partial charge in [0.15, 0.2) is 0 Å². The molecule has 0 fully saturated rings. The van der Waals surface area contributed by atoms with Crippen molar-refractivity contribution in [3.8, 4) is 0 Å². The molecule has 13 heavy (non-hydrogen) atoms. The number of rotatable bonds is 5. The van der Waals surface area contributed by atoms with Crippen LogP contribution in [0.5, 0.6) is 0 Å². The molecule has 0 heterocycles. The molecule has 0 rings (SSSR count). The fourth-order valence-corrected chi connectivity index (χ4v) is 1.98. The van der Waals surface area contributed by atoms with E-state index in [9.17, 15) is 13.9 Å². The summed E-state index contributed by atoms with van der Waals surface area (Å²) in [6.07, 6.45) is -0.237. The maximum Gasteiger partial charge on any atom is 0.392 e. The van der Waals surface area contributed by atoms with Gasteiger partial charge in [0.25, 0.3) is 16.1 Å². The van der Waals surface area contributed by atoms with E-state index in [2.05, 4.69) is 0 Å². The molecule has 0 aromatic carbocycles. The van der Waals surface area contributed by atoms with Crippen LogP contribution in [0.25, 0.3) is 0 Å². The summed E-state index contributed by atoms with van der Waals surface area (Å²) in [7, 11) is -5.75. The molecule has 3 N–H and O–H groups in total. The van der Waals surface area contributed by atoms with E-state index in [1.54, 1.807) is 0 Å². The zero-order valence-corrected chi connectivity index (χ0v) is 8.51. The largest absolute Gasteiger partial charge is 0.474 e. The number of carbonyl (C=O) groups is 1. The summed E-state index contributed by atoms with van der Waals surface area (Å²) in [6.45, 7) is 0. The van der Waals surface area contributed by atoms with Crippen LogP contribution in [0.4, 0.5) is 0 Å². The lowest BCUT2D eigenvalue weighted by Gasteiger charge is -1.96. The number of hydrogen-bond donors (Lipinski definition) is 3. The molecule has 0 aromatic heterocycles. The summed E-state index contributed by atoms with van der Waals surface area (Å²) < 4.78 is 21.5. The topological polar surface area (TPSA) is 115 Å². The molecule has 0 amide bonds. The third-order valence-corrected chi connectivity index (χ3v) is 2.32. The van der Waals surface area contributed by atoms with Crippen molar-refractivity contribution in [2.75, 3.05) is 12.6 Å². The van der Waals surface area contributed by atoms with Crippen molar-refractivity contribution in [3.05, 3.63) is 0 Å². The van der Waals surface area contributed by atoms with E-state index in [-0.39, 0.29) is 0 Å². The van der Waals surface area contributed by atoms with Gasteiger partial charge in [-0.25, -0.2) is 9.37 Å². The second kappa shape index (κ2) is 6.05. The lowest BCUT2D eigenvalue weighted by atomic mass is 10.7. The summed E-state index contributed by atoms with van der Waals surface area (Å²) in [5, 5.41) is 8.27. The highest BCUT2D eigenvalue weighted by Crippen LogP contribution is 2.17. The molecule has 0 radical (unpaired) electrons. The van der Waals surface area contributed by atoms with E-state index < -0.39 is 34.6 Å². The number of hydrogen-bond acceptors (Lipinski definition) is 3. The summed E-state index contributed by atoms with van der Waals surface area (Å²) >= 11 is 0.